The molecular formula is C35H46N8O3. The number of aryl methyl sites for hydroxylation is 2. The first-order chi connectivity index (χ1) is 22.1. The van der Waals surface area contributed by atoms with Crippen molar-refractivity contribution in [2.75, 3.05) is 68.0 Å². The number of piperazine rings is 1. The van der Waals surface area contributed by atoms with Crippen LogP contribution in [0.1, 0.15) is 46.1 Å². The number of carbonyl (C=O) groups excluding carboxylic acids is 2. The van der Waals surface area contributed by atoms with Crippen LogP contribution in [0.3, 0.4) is 0 Å². The molecule has 1 unspecified atom stereocenters. The van der Waals surface area contributed by atoms with Gasteiger partial charge in [0.25, 0.3) is 11.5 Å². The number of likely N-dealkylation sites (tertiary alicyclic amines) is 1. The molecule has 0 saturated carbocycles. The summed E-state index contributed by atoms with van der Waals surface area (Å²) in [6.07, 6.45) is 4.01. The Hall–Kier alpha value is -4.64. The van der Waals surface area contributed by atoms with E-state index in [0.29, 0.717) is 30.8 Å². The minimum atomic E-state index is -0.267. The number of hydrogen-bond acceptors (Lipinski definition) is 8. The van der Waals surface area contributed by atoms with Gasteiger partial charge in [-0.05, 0) is 88.7 Å². The van der Waals surface area contributed by atoms with Crippen LogP contribution in [0.2, 0.25) is 0 Å². The Bertz CT molecular complexity index is 1640. The van der Waals surface area contributed by atoms with Crippen molar-refractivity contribution in [3.8, 4) is 0 Å². The Labute approximate surface area is 271 Å². The number of nitrogens with one attached hydrogen (secondary N) is 3. The van der Waals surface area contributed by atoms with Gasteiger partial charge in [0.1, 0.15) is 5.82 Å². The van der Waals surface area contributed by atoms with E-state index in [1.165, 1.54) is 6.08 Å². The number of H-pyrrole nitrogens is 1. The van der Waals surface area contributed by atoms with Crippen molar-refractivity contribution < 1.29 is 9.59 Å². The highest BCUT2D eigenvalue weighted by Gasteiger charge is 2.31. The summed E-state index contributed by atoms with van der Waals surface area (Å²) < 4.78 is 0. The molecule has 1 atom stereocenters. The van der Waals surface area contributed by atoms with E-state index < -0.39 is 0 Å². The number of likely N-dealkylation sites (N-methyl/N-ethyl adjacent to an activating group) is 2. The third-order valence-corrected chi connectivity index (χ3v) is 9.15. The maximum Gasteiger partial charge on any atom is 0.253 e. The molecule has 2 aliphatic rings. The van der Waals surface area contributed by atoms with Crippen LogP contribution in [0.5, 0.6) is 0 Å². The lowest BCUT2D eigenvalue weighted by Gasteiger charge is -2.33. The standard InChI is InChI=1S/C35H46N8O3/c1-7-33(44)42-12-11-28(22-42)43(8-2)31-19-27(39-26-9-10-32(36-20-26)41-15-13-40(6)14-16-41)18-29(25(31)5)34(45)37-21-30-23(3)17-24(4)38-35(30)46/h7,9-10,17-20,28,39H,1,8,11-16,21-22H2,2-6H3,(H,37,45)(H,38,46). The molecule has 2 saturated heterocycles. The highest BCUT2D eigenvalue weighted by Crippen LogP contribution is 2.33. The zero-order chi connectivity index (χ0) is 33.0. The SMILES string of the molecule is C=CC(=O)N1CCC(N(CC)c2cc(Nc3ccc(N4CCN(C)CC4)nc3)cc(C(=O)NCc3c(C)cc(C)[nH]c3=O)c2C)C1. The van der Waals surface area contributed by atoms with E-state index in [-0.39, 0.29) is 30.0 Å². The van der Waals surface area contributed by atoms with E-state index >= 15 is 0 Å². The predicted molar refractivity (Wildman–Crippen MR) is 184 cm³/mol. The number of nitrogens with zero attached hydrogens (tertiary/aromatic N) is 5. The zero-order valence-corrected chi connectivity index (χ0v) is 27.7. The van der Waals surface area contributed by atoms with E-state index in [9.17, 15) is 14.4 Å². The van der Waals surface area contributed by atoms with Gasteiger partial charge in [-0.1, -0.05) is 6.58 Å². The molecule has 46 heavy (non-hydrogen) atoms. The molecule has 4 heterocycles. The molecule has 0 bridgehead atoms. The van der Waals surface area contributed by atoms with Gasteiger partial charge in [-0.25, -0.2) is 4.98 Å². The fraction of sp³-hybridized carbons (Fsp3) is 0.429. The molecule has 0 spiro atoms. The number of hydrogen-bond donors (Lipinski definition) is 3. The van der Waals surface area contributed by atoms with Crippen LogP contribution in [-0.4, -0.2) is 90.5 Å². The lowest BCUT2D eigenvalue weighted by Crippen LogP contribution is -2.44. The topological polar surface area (TPSA) is 117 Å². The number of carbonyl (C=O) groups is 2. The minimum absolute atomic E-state index is 0.0698. The number of benzene rings is 1. The second-order valence-corrected chi connectivity index (χ2v) is 12.3. The van der Waals surface area contributed by atoms with Crippen molar-refractivity contribution in [2.24, 2.45) is 0 Å². The zero-order valence-electron chi connectivity index (χ0n) is 27.7. The van der Waals surface area contributed by atoms with E-state index in [0.717, 1.165) is 72.3 Å². The van der Waals surface area contributed by atoms with Crippen LogP contribution < -0.4 is 26.0 Å². The molecule has 2 aromatic heterocycles. The van der Waals surface area contributed by atoms with Crippen LogP contribution in [0.15, 0.2) is 54.0 Å². The summed E-state index contributed by atoms with van der Waals surface area (Å²) in [5, 5.41) is 6.47. The van der Waals surface area contributed by atoms with Crippen molar-refractivity contribution in [2.45, 2.75) is 46.7 Å². The second-order valence-electron chi connectivity index (χ2n) is 12.3. The summed E-state index contributed by atoms with van der Waals surface area (Å²) in [7, 11) is 2.13. The maximum atomic E-state index is 13.8. The summed E-state index contributed by atoms with van der Waals surface area (Å²) in [6.45, 7) is 17.4. The van der Waals surface area contributed by atoms with E-state index in [1.807, 2.05) is 56.1 Å². The first-order valence-electron chi connectivity index (χ1n) is 16.0. The minimum Gasteiger partial charge on any atom is -0.367 e. The van der Waals surface area contributed by atoms with Gasteiger partial charge in [0, 0.05) is 86.6 Å². The monoisotopic (exact) mass is 626 g/mol. The van der Waals surface area contributed by atoms with Crippen LogP contribution in [0.4, 0.5) is 22.9 Å². The first-order valence-corrected chi connectivity index (χ1v) is 16.0. The Morgan fingerprint density at radius 3 is 2.50 bits per heavy atom. The number of amides is 2. The smallest absolute Gasteiger partial charge is 0.253 e. The predicted octanol–water partition coefficient (Wildman–Crippen LogP) is 3.73. The molecule has 11 nitrogen and oxygen atoms in total. The summed E-state index contributed by atoms with van der Waals surface area (Å²) in [6, 6.07) is 9.96. The quantitative estimate of drug-likeness (QED) is 0.292. The van der Waals surface area contributed by atoms with E-state index in [1.54, 1.807) is 0 Å². The Kier molecular flexibility index (Phi) is 10.1. The van der Waals surface area contributed by atoms with Crippen molar-refractivity contribution >= 4 is 34.7 Å². The maximum absolute atomic E-state index is 13.8. The number of aromatic nitrogens is 2. The molecule has 1 aromatic carbocycles. The Balaban J connectivity index is 1.44. The van der Waals surface area contributed by atoms with Gasteiger partial charge >= 0.3 is 0 Å². The summed E-state index contributed by atoms with van der Waals surface area (Å²) in [5.41, 5.74) is 5.77. The van der Waals surface area contributed by atoms with Gasteiger partial charge in [0.2, 0.25) is 5.91 Å². The molecule has 0 radical (unpaired) electrons. The van der Waals surface area contributed by atoms with Crippen molar-refractivity contribution in [1.29, 1.82) is 0 Å². The average molecular weight is 627 g/mol. The largest absolute Gasteiger partial charge is 0.367 e. The number of pyridine rings is 2. The van der Waals surface area contributed by atoms with Crippen molar-refractivity contribution in [1.82, 2.24) is 25.1 Å². The molecule has 3 aromatic rings. The first kappa shape index (κ1) is 32.7. The molecule has 2 amide bonds. The Morgan fingerprint density at radius 1 is 1.09 bits per heavy atom. The number of anilines is 4. The van der Waals surface area contributed by atoms with Crippen LogP contribution in [-0.2, 0) is 11.3 Å². The lowest BCUT2D eigenvalue weighted by molar-refractivity contribution is -0.125. The molecule has 2 fully saturated rings. The summed E-state index contributed by atoms with van der Waals surface area (Å²) in [5.74, 6) is 0.609. The molecule has 2 aliphatic heterocycles. The normalized spacial score (nSPS) is 16.8. The van der Waals surface area contributed by atoms with Gasteiger partial charge in [0.15, 0.2) is 0 Å². The summed E-state index contributed by atoms with van der Waals surface area (Å²) in [4.78, 5) is 55.0. The van der Waals surface area contributed by atoms with Gasteiger partial charge < -0.3 is 35.2 Å². The van der Waals surface area contributed by atoms with Crippen LogP contribution in [0, 0.1) is 20.8 Å². The number of rotatable bonds is 10. The second kappa shape index (κ2) is 14.2. The van der Waals surface area contributed by atoms with Crippen LogP contribution >= 0.6 is 0 Å². The average Bonchev–Trinajstić information content (AvgIpc) is 3.52. The van der Waals surface area contributed by atoms with Crippen LogP contribution in [0.25, 0.3) is 0 Å². The van der Waals surface area contributed by atoms with Gasteiger partial charge in [-0.2, -0.15) is 0 Å². The lowest BCUT2D eigenvalue weighted by atomic mass is 10.0. The molecule has 5 rings (SSSR count). The van der Waals surface area contributed by atoms with Gasteiger partial charge in [0.05, 0.1) is 11.9 Å². The third-order valence-electron chi connectivity index (χ3n) is 9.15. The summed E-state index contributed by atoms with van der Waals surface area (Å²) >= 11 is 0. The third kappa shape index (κ3) is 7.25. The molecule has 11 heteroatoms. The van der Waals surface area contributed by atoms with Gasteiger partial charge in [-0.3, -0.25) is 14.4 Å². The highest BCUT2D eigenvalue weighted by molar-refractivity contribution is 5.98. The molecule has 244 valence electrons. The number of aromatic amines is 1. The Morgan fingerprint density at radius 2 is 1.85 bits per heavy atom. The van der Waals surface area contributed by atoms with Crippen molar-refractivity contribution in [3.05, 3.63) is 87.5 Å². The van der Waals surface area contributed by atoms with E-state index in [4.69, 9.17) is 4.98 Å². The van der Waals surface area contributed by atoms with Gasteiger partial charge in [-0.15, -0.1) is 0 Å². The highest BCUT2D eigenvalue weighted by atomic mass is 16.2. The fourth-order valence-electron chi connectivity index (χ4n) is 6.47. The molecule has 3 N–H and O–H groups in total. The fourth-order valence-corrected chi connectivity index (χ4v) is 6.47. The molecular weight excluding hydrogens is 580 g/mol. The van der Waals surface area contributed by atoms with E-state index in [2.05, 4.69) is 56.9 Å². The van der Waals surface area contributed by atoms with Crippen molar-refractivity contribution in [3.63, 3.8) is 0 Å². The molecule has 0 aliphatic carbocycles.